The van der Waals surface area contributed by atoms with Crippen molar-refractivity contribution < 1.29 is 22.6 Å². The van der Waals surface area contributed by atoms with E-state index in [2.05, 4.69) is 0 Å². The number of hydrogen-bond donors (Lipinski definition) is 0. The summed E-state index contributed by atoms with van der Waals surface area (Å²) in [5.41, 5.74) is 0. The van der Waals surface area contributed by atoms with E-state index in [1.54, 1.807) is 0 Å². The summed E-state index contributed by atoms with van der Waals surface area (Å²) in [6, 6.07) is 0. The van der Waals surface area contributed by atoms with Gasteiger partial charge < -0.3 is 9.47 Å². The van der Waals surface area contributed by atoms with Crippen LogP contribution in [0.25, 0.3) is 0 Å². The van der Waals surface area contributed by atoms with Gasteiger partial charge >= 0.3 is 6.18 Å². The fourth-order valence-electron chi connectivity index (χ4n) is 2.41. The number of ether oxygens (including phenoxy) is 2. The Morgan fingerprint density at radius 1 is 0.950 bits per heavy atom. The van der Waals surface area contributed by atoms with Crippen LogP contribution < -0.4 is 0 Å². The normalized spacial score (nSPS) is 20.2. The first-order valence-electron chi connectivity index (χ1n) is 7.84. The predicted molar refractivity (Wildman–Crippen MR) is 72.8 cm³/mol. The second-order valence-corrected chi connectivity index (χ2v) is 5.52. The molecule has 1 fully saturated rings. The van der Waals surface area contributed by atoms with E-state index in [1.807, 2.05) is 0 Å². The molecule has 0 spiro atoms. The molecule has 1 aliphatic heterocycles. The Morgan fingerprint density at radius 2 is 1.70 bits per heavy atom. The minimum Gasteiger partial charge on any atom is -0.381 e. The van der Waals surface area contributed by atoms with E-state index in [-0.39, 0.29) is 6.42 Å². The zero-order chi connectivity index (χ0) is 14.7. The smallest absolute Gasteiger partial charge is 0.381 e. The third-order valence-corrected chi connectivity index (χ3v) is 3.61. The van der Waals surface area contributed by atoms with Crippen molar-refractivity contribution in [2.24, 2.45) is 0 Å². The van der Waals surface area contributed by atoms with E-state index in [9.17, 15) is 13.2 Å². The first kappa shape index (κ1) is 17.8. The molecule has 1 aliphatic rings. The summed E-state index contributed by atoms with van der Waals surface area (Å²) in [5, 5.41) is 0. The third kappa shape index (κ3) is 10.5. The predicted octanol–water partition coefficient (Wildman–Crippen LogP) is 4.87. The van der Waals surface area contributed by atoms with Crippen molar-refractivity contribution in [1.29, 1.82) is 0 Å². The molecule has 0 amide bonds. The molecule has 1 atom stereocenters. The van der Waals surface area contributed by atoms with Crippen LogP contribution in [-0.4, -0.2) is 32.1 Å². The lowest BCUT2D eigenvalue weighted by atomic mass is 10.1. The Balaban J connectivity index is 1.76. The lowest BCUT2D eigenvalue weighted by molar-refractivity contribution is -0.135. The van der Waals surface area contributed by atoms with Gasteiger partial charge in [0.15, 0.2) is 0 Å². The van der Waals surface area contributed by atoms with Gasteiger partial charge in [0.05, 0.1) is 6.10 Å². The summed E-state index contributed by atoms with van der Waals surface area (Å²) in [7, 11) is 0. The fourth-order valence-corrected chi connectivity index (χ4v) is 2.41. The lowest BCUT2D eigenvalue weighted by Gasteiger charge is -2.22. The van der Waals surface area contributed by atoms with E-state index in [4.69, 9.17) is 9.47 Å². The molecule has 120 valence electrons. The molecule has 1 rings (SSSR count). The van der Waals surface area contributed by atoms with Crippen LogP contribution in [0, 0.1) is 0 Å². The topological polar surface area (TPSA) is 18.5 Å². The Labute approximate surface area is 120 Å². The first-order valence-corrected chi connectivity index (χ1v) is 7.84. The van der Waals surface area contributed by atoms with Gasteiger partial charge in [0, 0.05) is 26.2 Å². The van der Waals surface area contributed by atoms with Crippen LogP contribution >= 0.6 is 0 Å². The molecule has 2 nitrogen and oxygen atoms in total. The summed E-state index contributed by atoms with van der Waals surface area (Å²) < 4.78 is 46.8. The van der Waals surface area contributed by atoms with Gasteiger partial charge in [-0.25, -0.2) is 0 Å². The van der Waals surface area contributed by atoms with Crippen LogP contribution in [0.15, 0.2) is 0 Å². The van der Waals surface area contributed by atoms with Crippen LogP contribution in [0.4, 0.5) is 13.2 Å². The summed E-state index contributed by atoms with van der Waals surface area (Å²) >= 11 is 0. The monoisotopic (exact) mass is 296 g/mol. The lowest BCUT2D eigenvalue weighted by Crippen LogP contribution is -2.20. The molecule has 1 unspecified atom stereocenters. The third-order valence-electron chi connectivity index (χ3n) is 3.61. The number of rotatable bonds is 10. The zero-order valence-corrected chi connectivity index (χ0v) is 12.2. The molecule has 1 saturated heterocycles. The molecule has 0 bridgehead atoms. The number of halogens is 3. The second-order valence-electron chi connectivity index (χ2n) is 5.52. The standard InChI is InChI=1S/C15H27F3O2/c16-15(17,18)10-5-2-1-3-6-11-19-13-9-14-8-4-7-12-20-14/h14H,1-13H2. The average Bonchev–Trinajstić information content (AvgIpc) is 2.41. The van der Waals surface area contributed by atoms with Crippen molar-refractivity contribution >= 4 is 0 Å². The molecule has 0 aromatic carbocycles. The number of hydrogen-bond acceptors (Lipinski definition) is 2. The fraction of sp³-hybridized carbons (Fsp3) is 1.00. The molecule has 0 saturated carbocycles. The minimum atomic E-state index is -4.00. The van der Waals surface area contributed by atoms with Gasteiger partial charge in [-0.1, -0.05) is 19.3 Å². The summed E-state index contributed by atoms with van der Waals surface area (Å²) in [6.45, 7) is 2.33. The first-order chi connectivity index (χ1) is 9.58. The maximum Gasteiger partial charge on any atom is 0.389 e. The molecular formula is C15H27F3O2. The van der Waals surface area contributed by atoms with Gasteiger partial charge in [-0.05, 0) is 38.5 Å². The average molecular weight is 296 g/mol. The number of unbranched alkanes of at least 4 members (excludes halogenated alkanes) is 4. The largest absolute Gasteiger partial charge is 0.389 e. The highest BCUT2D eigenvalue weighted by molar-refractivity contribution is 4.62. The Kier molecular flexibility index (Phi) is 9.27. The molecule has 0 aromatic heterocycles. The van der Waals surface area contributed by atoms with Gasteiger partial charge in [0.1, 0.15) is 0 Å². The minimum absolute atomic E-state index is 0.253. The van der Waals surface area contributed by atoms with Crippen molar-refractivity contribution in [1.82, 2.24) is 0 Å². The second kappa shape index (κ2) is 10.4. The van der Waals surface area contributed by atoms with Crippen LogP contribution in [0.2, 0.25) is 0 Å². The SMILES string of the molecule is FC(F)(F)CCCCCCCOCCC1CCCCO1. The van der Waals surface area contributed by atoms with Gasteiger partial charge in [-0.3, -0.25) is 0 Å². The maximum atomic E-state index is 11.9. The molecule has 20 heavy (non-hydrogen) atoms. The van der Waals surface area contributed by atoms with Crippen LogP contribution in [0.3, 0.4) is 0 Å². The Bertz CT molecular complexity index is 226. The quantitative estimate of drug-likeness (QED) is 0.536. The highest BCUT2D eigenvalue weighted by atomic mass is 19.4. The summed E-state index contributed by atoms with van der Waals surface area (Å²) in [6.07, 6.45) is 3.93. The van der Waals surface area contributed by atoms with Gasteiger partial charge in [-0.15, -0.1) is 0 Å². The highest BCUT2D eigenvalue weighted by Gasteiger charge is 2.25. The molecule has 0 radical (unpaired) electrons. The van der Waals surface area contributed by atoms with Crippen molar-refractivity contribution in [2.75, 3.05) is 19.8 Å². The molecule has 0 aliphatic carbocycles. The summed E-state index contributed by atoms with van der Waals surface area (Å²) in [4.78, 5) is 0. The molecule has 0 N–H and O–H groups in total. The summed E-state index contributed by atoms with van der Waals surface area (Å²) in [5.74, 6) is 0. The van der Waals surface area contributed by atoms with Gasteiger partial charge in [-0.2, -0.15) is 13.2 Å². The zero-order valence-electron chi connectivity index (χ0n) is 12.2. The Morgan fingerprint density at radius 3 is 2.40 bits per heavy atom. The van der Waals surface area contributed by atoms with Gasteiger partial charge in [0.25, 0.3) is 0 Å². The van der Waals surface area contributed by atoms with Crippen LogP contribution in [0.1, 0.15) is 64.2 Å². The maximum absolute atomic E-state index is 11.9. The van der Waals surface area contributed by atoms with Crippen molar-refractivity contribution in [3.8, 4) is 0 Å². The van der Waals surface area contributed by atoms with Crippen molar-refractivity contribution in [3.63, 3.8) is 0 Å². The van der Waals surface area contributed by atoms with Crippen molar-refractivity contribution in [2.45, 2.75) is 76.5 Å². The molecule has 0 aromatic rings. The molecule has 1 heterocycles. The van der Waals surface area contributed by atoms with E-state index in [0.29, 0.717) is 19.1 Å². The Hall–Kier alpha value is -0.290. The highest BCUT2D eigenvalue weighted by Crippen LogP contribution is 2.23. The van der Waals surface area contributed by atoms with E-state index in [0.717, 1.165) is 45.3 Å². The van der Waals surface area contributed by atoms with E-state index in [1.165, 1.54) is 12.8 Å². The van der Waals surface area contributed by atoms with Crippen molar-refractivity contribution in [3.05, 3.63) is 0 Å². The van der Waals surface area contributed by atoms with E-state index >= 15 is 0 Å². The van der Waals surface area contributed by atoms with Gasteiger partial charge in [0.2, 0.25) is 0 Å². The van der Waals surface area contributed by atoms with E-state index < -0.39 is 12.6 Å². The number of alkyl halides is 3. The molecular weight excluding hydrogens is 269 g/mol. The molecule has 5 heteroatoms. The van der Waals surface area contributed by atoms with Crippen LogP contribution in [0.5, 0.6) is 0 Å². The van der Waals surface area contributed by atoms with Crippen LogP contribution in [-0.2, 0) is 9.47 Å².